The normalized spacial score (nSPS) is 17.9. The van der Waals surface area contributed by atoms with Crippen molar-refractivity contribution in [1.82, 2.24) is 4.90 Å². The Kier molecular flexibility index (Phi) is 5.69. The van der Waals surface area contributed by atoms with Gasteiger partial charge in [-0.25, -0.2) is 0 Å². The Balaban J connectivity index is 2.15. The summed E-state index contributed by atoms with van der Waals surface area (Å²) in [7, 11) is 0. The van der Waals surface area contributed by atoms with Crippen LogP contribution in [0.2, 0.25) is 0 Å². The molecule has 0 radical (unpaired) electrons. The molecule has 0 aromatic carbocycles. The summed E-state index contributed by atoms with van der Waals surface area (Å²) in [6, 6.07) is 0. The van der Waals surface area contributed by atoms with E-state index in [1.807, 2.05) is 6.92 Å². The quantitative estimate of drug-likeness (QED) is 0.517. The Bertz CT molecular complexity index is 372. The fraction of sp³-hybridized carbons (Fsp3) is 0.615. The minimum Gasteiger partial charge on any atom is -0.481 e. The van der Waals surface area contributed by atoms with E-state index < -0.39 is 11.9 Å². The van der Waals surface area contributed by atoms with Crippen LogP contribution in [-0.2, 0) is 19.1 Å². The fourth-order valence-corrected chi connectivity index (χ4v) is 1.86. The highest BCUT2D eigenvalue weighted by Crippen LogP contribution is 2.12. The highest BCUT2D eigenvalue weighted by Gasteiger charge is 2.22. The van der Waals surface area contributed by atoms with Crippen molar-refractivity contribution in [3.8, 4) is 0 Å². The maximum Gasteiger partial charge on any atom is 0.306 e. The van der Waals surface area contributed by atoms with E-state index in [1.54, 1.807) is 6.92 Å². The Morgan fingerprint density at radius 1 is 1.32 bits per heavy atom. The summed E-state index contributed by atoms with van der Waals surface area (Å²) >= 11 is 0. The molecule has 0 spiro atoms. The maximum absolute atomic E-state index is 11.2. The van der Waals surface area contributed by atoms with Crippen molar-refractivity contribution in [2.45, 2.75) is 20.3 Å². The van der Waals surface area contributed by atoms with E-state index in [0.717, 1.165) is 4.90 Å². The molecular weight excluding hydrogens is 250 g/mol. The molecule has 0 bridgehead atoms. The number of carboxylic acids is 1. The van der Waals surface area contributed by atoms with Gasteiger partial charge in [0.2, 0.25) is 0 Å². The largest absolute Gasteiger partial charge is 0.481 e. The van der Waals surface area contributed by atoms with Crippen LogP contribution >= 0.6 is 0 Å². The maximum atomic E-state index is 11.2. The number of aliphatic carboxylic acids is 1. The molecule has 0 fully saturated rings. The Hall–Kier alpha value is -1.69. The van der Waals surface area contributed by atoms with Crippen molar-refractivity contribution in [2.75, 3.05) is 19.8 Å². The zero-order valence-corrected chi connectivity index (χ0v) is 11.2. The lowest BCUT2D eigenvalue weighted by Gasteiger charge is -2.17. The van der Waals surface area contributed by atoms with Crippen LogP contribution in [0, 0.1) is 11.8 Å². The van der Waals surface area contributed by atoms with Crippen LogP contribution in [0.1, 0.15) is 20.3 Å². The topological polar surface area (TPSA) is 83.9 Å². The second kappa shape index (κ2) is 7.04. The van der Waals surface area contributed by atoms with Crippen LogP contribution in [0.15, 0.2) is 12.2 Å². The summed E-state index contributed by atoms with van der Waals surface area (Å²) in [6.45, 7) is 4.48. The summed E-state index contributed by atoms with van der Waals surface area (Å²) in [4.78, 5) is 34.3. The molecule has 0 aromatic rings. The van der Waals surface area contributed by atoms with Gasteiger partial charge in [0.1, 0.15) is 0 Å². The molecule has 0 aliphatic carbocycles. The van der Waals surface area contributed by atoms with Crippen molar-refractivity contribution in [2.24, 2.45) is 11.8 Å². The lowest BCUT2D eigenvalue weighted by Crippen LogP contribution is -2.33. The molecule has 6 heteroatoms. The van der Waals surface area contributed by atoms with Crippen LogP contribution in [0.3, 0.4) is 0 Å². The summed E-state index contributed by atoms with van der Waals surface area (Å²) in [5, 5.41) is 8.77. The number of rotatable bonds is 8. The predicted molar refractivity (Wildman–Crippen MR) is 67.3 cm³/mol. The molecule has 1 aliphatic rings. The SMILES string of the molecule is CC(COCCN1C(=O)C=CC1=O)CC(C)C(=O)O. The number of carbonyl (C=O) groups is 3. The number of carboxylic acid groups (broad SMARTS) is 1. The molecule has 0 saturated heterocycles. The van der Waals surface area contributed by atoms with Gasteiger partial charge in [-0.1, -0.05) is 13.8 Å². The van der Waals surface area contributed by atoms with E-state index in [4.69, 9.17) is 9.84 Å². The van der Waals surface area contributed by atoms with Crippen LogP contribution in [-0.4, -0.2) is 47.5 Å². The first-order valence-corrected chi connectivity index (χ1v) is 6.26. The molecule has 1 heterocycles. The van der Waals surface area contributed by atoms with Gasteiger partial charge in [0.05, 0.1) is 19.1 Å². The average molecular weight is 269 g/mol. The molecule has 2 amide bonds. The molecule has 0 aromatic heterocycles. The summed E-state index contributed by atoms with van der Waals surface area (Å²) in [6.07, 6.45) is 3.01. The van der Waals surface area contributed by atoms with Crippen LogP contribution in [0.25, 0.3) is 0 Å². The zero-order valence-electron chi connectivity index (χ0n) is 11.2. The number of carbonyl (C=O) groups excluding carboxylic acids is 2. The van der Waals surface area contributed by atoms with Crippen molar-refractivity contribution in [3.05, 3.63) is 12.2 Å². The van der Waals surface area contributed by atoms with Gasteiger partial charge in [-0.2, -0.15) is 0 Å². The van der Waals surface area contributed by atoms with Crippen LogP contribution in [0.5, 0.6) is 0 Å². The zero-order chi connectivity index (χ0) is 14.4. The number of nitrogens with zero attached hydrogens (tertiary/aromatic N) is 1. The summed E-state index contributed by atoms with van der Waals surface area (Å²) in [5.74, 6) is -1.73. The van der Waals surface area contributed by atoms with E-state index in [1.165, 1.54) is 12.2 Å². The van der Waals surface area contributed by atoms with E-state index in [0.29, 0.717) is 13.0 Å². The number of hydrogen-bond donors (Lipinski definition) is 1. The summed E-state index contributed by atoms with van der Waals surface area (Å²) < 4.78 is 5.37. The van der Waals surface area contributed by atoms with Gasteiger partial charge in [-0.05, 0) is 12.3 Å². The fourth-order valence-electron chi connectivity index (χ4n) is 1.86. The highest BCUT2D eigenvalue weighted by molar-refractivity contribution is 6.12. The molecule has 1 N–H and O–H groups in total. The third kappa shape index (κ3) is 4.82. The minimum atomic E-state index is -0.814. The lowest BCUT2D eigenvalue weighted by molar-refractivity contribution is -0.142. The van der Waals surface area contributed by atoms with E-state index in [2.05, 4.69) is 0 Å². The standard InChI is InChI=1S/C13H19NO5/c1-9(7-10(2)13(17)18)8-19-6-5-14-11(15)3-4-12(14)16/h3-4,9-10H,5-8H2,1-2H3,(H,17,18). The predicted octanol–water partition coefficient (Wildman–Crippen LogP) is 0.675. The Labute approximate surface area is 112 Å². The van der Waals surface area contributed by atoms with Crippen LogP contribution in [0.4, 0.5) is 0 Å². The van der Waals surface area contributed by atoms with Gasteiger partial charge in [0.25, 0.3) is 11.8 Å². The third-order valence-electron chi connectivity index (χ3n) is 2.94. The van der Waals surface area contributed by atoms with Crippen molar-refractivity contribution < 1.29 is 24.2 Å². The van der Waals surface area contributed by atoms with Crippen molar-refractivity contribution >= 4 is 17.8 Å². The molecule has 0 saturated carbocycles. The molecule has 19 heavy (non-hydrogen) atoms. The van der Waals surface area contributed by atoms with Gasteiger partial charge >= 0.3 is 5.97 Å². The molecule has 1 aliphatic heterocycles. The molecule has 1 rings (SSSR count). The Morgan fingerprint density at radius 2 is 1.89 bits per heavy atom. The van der Waals surface area contributed by atoms with E-state index in [-0.39, 0.29) is 30.9 Å². The molecule has 106 valence electrons. The molecule has 6 nitrogen and oxygen atoms in total. The second-order valence-electron chi connectivity index (χ2n) is 4.82. The lowest BCUT2D eigenvalue weighted by atomic mass is 9.98. The number of imide groups is 1. The van der Waals surface area contributed by atoms with Gasteiger partial charge < -0.3 is 9.84 Å². The van der Waals surface area contributed by atoms with Gasteiger partial charge in [0.15, 0.2) is 0 Å². The monoisotopic (exact) mass is 269 g/mol. The van der Waals surface area contributed by atoms with Gasteiger partial charge in [0, 0.05) is 18.8 Å². The first-order valence-electron chi connectivity index (χ1n) is 6.26. The van der Waals surface area contributed by atoms with E-state index in [9.17, 15) is 14.4 Å². The smallest absolute Gasteiger partial charge is 0.306 e. The van der Waals surface area contributed by atoms with Gasteiger partial charge in [-0.15, -0.1) is 0 Å². The Morgan fingerprint density at radius 3 is 2.42 bits per heavy atom. The van der Waals surface area contributed by atoms with Crippen molar-refractivity contribution in [3.63, 3.8) is 0 Å². The summed E-state index contributed by atoms with van der Waals surface area (Å²) in [5.41, 5.74) is 0. The second-order valence-corrected chi connectivity index (χ2v) is 4.82. The van der Waals surface area contributed by atoms with Crippen molar-refractivity contribution in [1.29, 1.82) is 0 Å². The number of amides is 2. The average Bonchev–Trinajstić information content (AvgIpc) is 2.65. The molecule has 2 unspecified atom stereocenters. The number of hydrogen-bond acceptors (Lipinski definition) is 4. The number of ether oxygens (including phenoxy) is 1. The first-order chi connectivity index (χ1) is 8.91. The first kappa shape index (κ1) is 15.4. The highest BCUT2D eigenvalue weighted by atomic mass is 16.5. The third-order valence-corrected chi connectivity index (χ3v) is 2.94. The van der Waals surface area contributed by atoms with Gasteiger partial charge in [-0.3, -0.25) is 19.3 Å². The van der Waals surface area contributed by atoms with E-state index >= 15 is 0 Å². The minimum absolute atomic E-state index is 0.120. The molecular formula is C13H19NO5. The van der Waals surface area contributed by atoms with Crippen LogP contribution < -0.4 is 0 Å². The molecule has 2 atom stereocenters.